The number of amides is 1. The molecule has 2 N–H and O–H groups in total. The number of benzene rings is 1. The van der Waals surface area contributed by atoms with Gasteiger partial charge in [-0.2, -0.15) is 0 Å². The van der Waals surface area contributed by atoms with Crippen molar-refractivity contribution in [2.75, 3.05) is 27.2 Å². The number of carbonyl (C=O) groups is 1. The van der Waals surface area contributed by atoms with Gasteiger partial charge in [-0.3, -0.25) is 19.9 Å². The molecule has 0 aliphatic carbocycles. The first-order chi connectivity index (χ1) is 12.0. The van der Waals surface area contributed by atoms with Crippen LogP contribution in [0.2, 0.25) is 0 Å². The molecule has 1 heterocycles. The standard InChI is InChI=1S/C17H25N5O3.HI/c1-18-16(23)11-13-7-9-21(10-8-13)17(19-2)20-12-14-5-3-4-6-15(14)22(24)25;/h3-6,13H,7-12H2,1-2H3,(H,18,23)(H,19,20);1H. The molecule has 1 aliphatic heterocycles. The van der Waals surface area contributed by atoms with Gasteiger partial charge in [0.2, 0.25) is 5.91 Å². The third-order valence-electron chi connectivity index (χ3n) is 4.50. The molecule has 1 aliphatic rings. The summed E-state index contributed by atoms with van der Waals surface area (Å²) >= 11 is 0. The number of nitro benzene ring substituents is 1. The number of hydrogen-bond donors (Lipinski definition) is 2. The summed E-state index contributed by atoms with van der Waals surface area (Å²) in [6, 6.07) is 6.70. The van der Waals surface area contributed by atoms with E-state index in [2.05, 4.69) is 20.5 Å². The van der Waals surface area contributed by atoms with Crippen LogP contribution in [0.25, 0.3) is 0 Å². The average molecular weight is 475 g/mol. The van der Waals surface area contributed by atoms with Gasteiger partial charge < -0.3 is 15.5 Å². The Morgan fingerprint density at radius 1 is 1.35 bits per heavy atom. The van der Waals surface area contributed by atoms with Crippen molar-refractivity contribution in [2.45, 2.75) is 25.8 Å². The third kappa shape index (κ3) is 6.11. The van der Waals surface area contributed by atoms with Crippen LogP contribution in [0, 0.1) is 16.0 Å². The molecule has 1 fully saturated rings. The van der Waals surface area contributed by atoms with Gasteiger partial charge in [-0.25, -0.2) is 0 Å². The van der Waals surface area contributed by atoms with Crippen molar-refractivity contribution >= 4 is 41.5 Å². The Morgan fingerprint density at radius 3 is 2.58 bits per heavy atom. The van der Waals surface area contributed by atoms with E-state index in [1.165, 1.54) is 6.07 Å². The number of guanidine groups is 1. The molecule has 0 spiro atoms. The molecular weight excluding hydrogens is 449 g/mol. The lowest BCUT2D eigenvalue weighted by Gasteiger charge is -2.34. The highest BCUT2D eigenvalue weighted by Gasteiger charge is 2.23. The Morgan fingerprint density at radius 2 is 2.00 bits per heavy atom. The van der Waals surface area contributed by atoms with Crippen LogP contribution in [0.4, 0.5) is 5.69 Å². The molecule has 0 bridgehead atoms. The van der Waals surface area contributed by atoms with Crippen molar-refractivity contribution in [3.05, 3.63) is 39.9 Å². The predicted octanol–water partition coefficient (Wildman–Crippen LogP) is 2.14. The van der Waals surface area contributed by atoms with Gasteiger partial charge in [-0.05, 0) is 18.8 Å². The Balaban J connectivity index is 0.00000338. The molecule has 26 heavy (non-hydrogen) atoms. The second kappa shape index (κ2) is 10.9. The van der Waals surface area contributed by atoms with Crippen molar-refractivity contribution in [1.29, 1.82) is 0 Å². The summed E-state index contributed by atoms with van der Waals surface area (Å²) < 4.78 is 0. The Labute approximate surface area is 170 Å². The molecule has 1 aromatic carbocycles. The third-order valence-corrected chi connectivity index (χ3v) is 4.50. The highest BCUT2D eigenvalue weighted by molar-refractivity contribution is 14.0. The maximum Gasteiger partial charge on any atom is 0.274 e. The monoisotopic (exact) mass is 475 g/mol. The summed E-state index contributed by atoms with van der Waals surface area (Å²) in [6.45, 7) is 1.98. The van der Waals surface area contributed by atoms with E-state index in [0.717, 1.165) is 31.9 Å². The Hall–Kier alpha value is -1.91. The molecule has 2 rings (SSSR count). The zero-order valence-corrected chi connectivity index (χ0v) is 17.4. The van der Waals surface area contributed by atoms with E-state index >= 15 is 0 Å². The normalized spacial score (nSPS) is 15.2. The van der Waals surface area contributed by atoms with E-state index < -0.39 is 0 Å². The fraction of sp³-hybridized carbons (Fsp3) is 0.529. The Bertz CT molecular complexity index is 645. The molecule has 0 saturated carbocycles. The fourth-order valence-corrected chi connectivity index (χ4v) is 3.06. The number of halogens is 1. The Kier molecular flexibility index (Phi) is 9.31. The van der Waals surface area contributed by atoms with Gasteiger partial charge in [0.05, 0.1) is 4.92 Å². The lowest BCUT2D eigenvalue weighted by molar-refractivity contribution is -0.385. The maximum absolute atomic E-state index is 11.5. The van der Waals surface area contributed by atoms with Crippen molar-refractivity contribution in [2.24, 2.45) is 10.9 Å². The molecule has 144 valence electrons. The van der Waals surface area contributed by atoms with E-state index in [-0.39, 0.29) is 40.5 Å². The number of nitrogens with one attached hydrogen (secondary N) is 2. The smallest absolute Gasteiger partial charge is 0.274 e. The predicted molar refractivity (Wildman–Crippen MR) is 112 cm³/mol. The maximum atomic E-state index is 11.5. The van der Waals surface area contributed by atoms with Crippen LogP contribution in [-0.2, 0) is 11.3 Å². The summed E-state index contributed by atoms with van der Waals surface area (Å²) in [5.41, 5.74) is 0.734. The quantitative estimate of drug-likeness (QED) is 0.224. The van der Waals surface area contributed by atoms with Crippen LogP contribution in [-0.4, -0.2) is 48.9 Å². The zero-order valence-electron chi connectivity index (χ0n) is 15.1. The van der Waals surface area contributed by atoms with Gasteiger partial charge in [-0.15, -0.1) is 24.0 Å². The fourth-order valence-electron chi connectivity index (χ4n) is 3.06. The van der Waals surface area contributed by atoms with E-state index in [1.54, 1.807) is 32.3 Å². The van der Waals surface area contributed by atoms with Crippen LogP contribution in [0.5, 0.6) is 0 Å². The van der Waals surface area contributed by atoms with Crippen molar-refractivity contribution in [3.8, 4) is 0 Å². The van der Waals surface area contributed by atoms with Crippen LogP contribution >= 0.6 is 24.0 Å². The number of aliphatic imine (C=N–C) groups is 1. The van der Waals surface area contributed by atoms with Crippen molar-refractivity contribution in [1.82, 2.24) is 15.5 Å². The molecule has 9 heteroatoms. The number of nitro groups is 1. The van der Waals surface area contributed by atoms with Crippen LogP contribution < -0.4 is 10.6 Å². The lowest BCUT2D eigenvalue weighted by atomic mass is 9.93. The minimum atomic E-state index is -0.371. The van der Waals surface area contributed by atoms with Gasteiger partial charge in [0, 0.05) is 51.8 Å². The molecule has 8 nitrogen and oxygen atoms in total. The molecule has 1 saturated heterocycles. The number of hydrogen-bond acceptors (Lipinski definition) is 4. The second-order valence-corrected chi connectivity index (χ2v) is 6.09. The SMILES string of the molecule is CN=C(NCc1ccccc1[N+](=O)[O-])N1CCC(CC(=O)NC)CC1.I. The number of rotatable bonds is 5. The zero-order chi connectivity index (χ0) is 18.2. The average Bonchev–Trinajstić information content (AvgIpc) is 2.63. The summed E-state index contributed by atoms with van der Waals surface area (Å²) in [5.74, 6) is 1.21. The molecule has 0 radical (unpaired) electrons. The number of nitrogens with zero attached hydrogens (tertiary/aromatic N) is 3. The van der Waals surface area contributed by atoms with Crippen LogP contribution in [0.3, 0.4) is 0 Å². The molecule has 0 unspecified atom stereocenters. The van der Waals surface area contributed by atoms with Crippen molar-refractivity contribution in [3.63, 3.8) is 0 Å². The van der Waals surface area contributed by atoms with E-state index in [0.29, 0.717) is 24.4 Å². The second-order valence-electron chi connectivity index (χ2n) is 6.09. The molecule has 0 atom stereocenters. The molecule has 0 aromatic heterocycles. The number of piperidine rings is 1. The summed E-state index contributed by atoms with van der Waals surface area (Å²) in [7, 11) is 3.37. The van der Waals surface area contributed by atoms with Gasteiger partial charge >= 0.3 is 0 Å². The number of para-hydroxylation sites is 1. The van der Waals surface area contributed by atoms with Gasteiger partial charge in [-0.1, -0.05) is 18.2 Å². The first-order valence-corrected chi connectivity index (χ1v) is 8.43. The van der Waals surface area contributed by atoms with E-state index in [9.17, 15) is 14.9 Å². The minimum absolute atomic E-state index is 0. The van der Waals surface area contributed by atoms with Gasteiger partial charge in [0.15, 0.2) is 5.96 Å². The van der Waals surface area contributed by atoms with Crippen LogP contribution in [0.15, 0.2) is 29.3 Å². The summed E-state index contributed by atoms with van der Waals surface area (Å²) in [5, 5.41) is 17.0. The lowest BCUT2D eigenvalue weighted by Crippen LogP contribution is -2.45. The number of likely N-dealkylation sites (tertiary alicyclic amines) is 1. The van der Waals surface area contributed by atoms with Crippen LogP contribution in [0.1, 0.15) is 24.8 Å². The molecule has 1 amide bonds. The summed E-state index contributed by atoms with van der Waals surface area (Å²) in [4.78, 5) is 28.6. The first-order valence-electron chi connectivity index (χ1n) is 8.43. The van der Waals surface area contributed by atoms with Gasteiger partial charge in [0.25, 0.3) is 5.69 Å². The highest BCUT2D eigenvalue weighted by Crippen LogP contribution is 2.21. The number of carbonyl (C=O) groups excluding carboxylic acids is 1. The first kappa shape index (κ1) is 22.1. The van der Waals surface area contributed by atoms with E-state index in [4.69, 9.17) is 0 Å². The molecular formula is C17H26IN5O3. The highest BCUT2D eigenvalue weighted by atomic mass is 127. The summed E-state index contributed by atoms with van der Waals surface area (Å²) in [6.07, 6.45) is 2.42. The minimum Gasteiger partial charge on any atom is -0.359 e. The largest absolute Gasteiger partial charge is 0.359 e. The van der Waals surface area contributed by atoms with Gasteiger partial charge in [0.1, 0.15) is 0 Å². The van der Waals surface area contributed by atoms with Crippen molar-refractivity contribution < 1.29 is 9.72 Å². The molecule has 1 aromatic rings. The van der Waals surface area contributed by atoms with E-state index in [1.807, 2.05) is 0 Å². The topological polar surface area (TPSA) is 99.9 Å².